The van der Waals surface area contributed by atoms with E-state index in [1.54, 1.807) is 7.11 Å². The highest BCUT2D eigenvalue weighted by atomic mass is 127. The lowest BCUT2D eigenvalue weighted by Crippen LogP contribution is -2.43. The predicted octanol–water partition coefficient (Wildman–Crippen LogP) is 2.81. The number of halogens is 1. The van der Waals surface area contributed by atoms with Gasteiger partial charge in [0.15, 0.2) is 5.96 Å². The molecular formula is C18H38IN3O3. The molecule has 6 nitrogen and oxygen atoms in total. The summed E-state index contributed by atoms with van der Waals surface area (Å²) in [6.07, 6.45) is 7.34. The maximum absolute atomic E-state index is 5.58. The summed E-state index contributed by atoms with van der Waals surface area (Å²) in [6, 6.07) is 0. The third-order valence-corrected chi connectivity index (χ3v) is 4.69. The summed E-state index contributed by atoms with van der Waals surface area (Å²) < 4.78 is 16.0. The van der Waals surface area contributed by atoms with Gasteiger partial charge in [0.05, 0.1) is 13.2 Å². The SMILES string of the molecule is CCOCCC1(CNC(=NC)NCCCOCCOC)CCCC1.I. The molecule has 0 atom stereocenters. The Bertz CT molecular complexity index is 338. The molecule has 150 valence electrons. The summed E-state index contributed by atoms with van der Waals surface area (Å²) in [6.45, 7) is 7.62. The van der Waals surface area contributed by atoms with Gasteiger partial charge in [-0.25, -0.2) is 0 Å². The molecule has 1 aliphatic carbocycles. The van der Waals surface area contributed by atoms with Crippen LogP contribution in [0.3, 0.4) is 0 Å². The molecule has 0 amide bonds. The molecule has 0 bridgehead atoms. The fourth-order valence-electron chi connectivity index (χ4n) is 3.19. The van der Waals surface area contributed by atoms with Crippen molar-refractivity contribution in [3.05, 3.63) is 0 Å². The molecule has 0 aromatic carbocycles. The van der Waals surface area contributed by atoms with Crippen molar-refractivity contribution < 1.29 is 14.2 Å². The van der Waals surface area contributed by atoms with E-state index in [0.717, 1.165) is 51.7 Å². The first-order chi connectivity index (χ1) is 11.8. The Morgan fingerprint density at radius 1 is 1.04 bits per heavy atom. The molecule has 0 spiro atoms. The van der Waals surface area contributed by atoms with Gasteiger partial charge in [-0.3, -0.25) is 4.99 Å². The van der Waals surface area contributed by atoms with Gasteiger partial charge in [0.1, 0.15) is 0 Å². The van der Waals surface area contributed by atoms with Crippen LogP contribution in [0.1, 0.15) is 45.4 Å². The number of guanidine groups is 1. The third-order valence-electron chi connectivity index (χ3n) is 4.69. The zero-order valence-corrected chi connectivity index (χ0v) is 18.6. The molecule has 2 N–H and O–H groups in total. The number of nitrogens with zero attached hydrogens (tertiary/aromatic N) is 1. The lowest BCUT2D eigenvalue weighted by atomic mass is 9.83. The zero-order chi connectivity index (χ0) is 17.5. The van der Waals surface area contributed by atoms with E-state index in [9.17, 15) is 0 Å². The second-order valence-electron chi connectivity index (χ2n) is 6.47. The van der Waals surface area contributed by atoms with E-state index in [1.165, 1.54) is 25.7 Å². The fraction of sp³-hybridized carbons (Fsp3) is 0.944. The van der Waals surface area contributed by atoms with Crippen molar-refractivity contribution in [2.45, 2.75) is 45.4 Å². The Morgan fingerprint density at radius 2 is 1.80 bits per heavy atom. The van der Waals surface area contributed by atoms with Gasteiger partial charge in [0, 0.05) is 47.1 Å². The molecule has 1 aliphatic rings. The van der Waals surface area contributed by atoms with Crippen molar-refractivity contribution in [2.24, 2.45) is 10.4 Å². The maximum atomic E-state index is 5.58. The lowest BCUT2D eigenvalue weighted by molar-refractivity contribution is 0.0698. The van der Waals surface area contributed by atoms with Crippen LogP contribution in [0.2, 0.25) is 0 Å². The van der Waals surface area contributed by atoms with Crippen LogP contribution in [-0.4, -0.2) is 66.2 Å². The van der Waals surface area contributed by atoms with E-state index >= 15 is 0 Å². The van der Waals surface area contributed by atoms with Crippen molar-refractivity contribution in [3.8, 4) is 0 Å². The zero-order valence-electron chi connectivity index (χ0n) is 16.3. The highest BCUT2D eigenvalue weighted by Crippen LogP contribution is 2.40. The minimum atomic E-state index is 0. The minimum Gasteiger partial charge on any atom is -0.382 e. The Labute approximate surface area is 170 Å². The van der Waals surface area contributed by atoms with Gasteiger partial charge in [-0.15, -0.1) is 24.0 Å². The third kappa shape index (κ3) is 11.2. The van der Waals surface area contributed by atoms with Crippen LogP contribution in [0.4, 0.5) is 0 Å². The van der Waals surface area contributed by atoms with Crippen molar-refractivity contribution in [2.75, 3.05) is 60.3 Å². The second kappa shape index (κ2) is 16.1. The number of hydrogen-bond acceptors (Lipinski definition) is 4. The molecule has 7 heteroatoms. The summed E-state index contributed by atoms with van der Waals surface area (Å²) in [4.78, 5) is 4.33. The van der Waals surface area contributed by atoms with Gasteiger partial charge < -0.3 is 24.8 Å². The normalized spacial score (nSPS) is 16.5. The van der Waals surface area contributed by atoms with E-state index in [-0.39, 0.29) is 24.0 Å². The minimum absolute atomic E-state index is 0. The quantitative estimate of drug-likeness (QED) is 0.187. The van der Waals surface area contributed by atoms with E-state index < -0.39 is 0 Å². The highest BCUT2D eigenvalue weighted by Gasteiger charge is 2.33. The smallest absolute Gasteiger partial charge is 0.190 e. The van der Waals surface area contributed by atoms with Gasteiger partial charge in [0.25, 0.3) is 0 Å². The van der Waals surface area contributed by atoms with Crippen LogP contribution in [-0.2, 0) is 14.2 Å². The standard InChI is InChI=1S/C18H37N3O3.HI/c1-4-23-13-10-18(8-5-6-9-18)16-21-17(19-2)20-11-7-12-24-15-14-22-3;/h4-16H2,1-3H3,(H2,19,20,21);1H. The van der Waals surface area contributed by atoms with Crippen LogP contribution in [0.25, 0.3) is 0 Å². The largest absolute Gasteiger partial charge is 0.382 e. The highest BCUT2D eigenvalue weighted by molar-refractivity contribution is 14.0. The van der Waals surface area contributed by atoms with Gasteiger partial charge in [0.2, 0.25) is 0 Å². The summed E-state index contributed by atoms with van der Waals surface area (Å²) in [7, 11) is 3.51. The molecule has 0 aliphatic heterocycles. The van der Waals surface area contributed by atoms with E-state index in [2.05, 4.69) is 22.5 Å². The van der Waals surface area contributed by atoms with Crippen molar-refractivity contribution >= 4 is 29.9 Å². The van der Waals surface area contributed by atoms with Crippen molar-refractivity contribution in [1.82, 2.24) is 10.6 Å². The average molecular weight is 471 g/mol. The van der Waals surface area contributed by atoms with Crippen molar-refractivity contribution in [1.29, 1.82) is 0 Å². The molecule has 1 rings (SSSR count). The summed E-state index contributed by atoms with van der Waals surface area (Å²) in [5.74, 6) is 0.884. The monoisotopic (exact) mass is 471 g/mol. The fourth-order valence-corrected chi connectivity index (χ4v) is 3.19. The van der Waals surface area contributed by atoms with E-state index in [1.807, 2.05) is 7.05 Å². The van der Waals surface area contributed by atoms with Gasteiger partial charge in [-0.05, 0) is 38.0 Å². The molecule has 1 saturated carbocycles. The molecule has 0 heterocycles. The lowest BCUT2D eigenvalue weighted by Gasteiger charge is -2.30. The second-order valence-corrected chi connectivity index (χ2v) is 6.47. The van der Waals surface area contributed by atoms with Crippen LogP contribution < -0.4 is 10.6 Å². The molecule has 1 fully saturated rings. The van der Waals surface area contributed by atoms with Gasteiger partial charge in [-0.2, -0.15) is 0 Å². The first-order valence-electron chi connectivity index (χ1n) is 9.35. The number of nitrogens with one attached hydrogen (secondary N) is 2. The number of rotatable bonds is 13. The molecule has 0 unspecified atom stereocenters. The molecule has 0 saturated heterocycles. The van der Waals surface area contributed by atoms with Crippen LogP contribution in [0.5, 0.6) is 0 Å². The molecule has 25 heavy (non-hydrogen) atoms. The van der Waals surface area contributed by atoms with Crippen LogP contribution >= 0.6 is 24.0 Å². The summed E-state index contributed by atoms with van der Waals surface area (Å²) in [5.41, 5.74) is 0.371. The van der Waals surface area contributed by atoms with Crippen LogP contribution in [0, 0.1) is 5.41 Å². The number of methoxy groups -OCH3 is 1. The molecule has 0 aromatic heterocycles. The Balaban J connectivity index is 0.00000576. The Morgan fingerprint density at radius 3 is 2.44 bits per heavy atom. The average Bonchev–Trinajstić information content (AvgIpc) is 3.06. The number of hydrogen-bond donors (Lipinski definition) is 2. The number of aliphatic imine (C=N–C) groups is 1. The summed E-state index contributed by atoms with van der Waals surface area (Å²) >= 11 is 0. The van der Waals surface area contributed by atoms with E-state index in [4.69, 9.17) is 14.2 Å². The molecule has 0 radical (unpaired) electrons. The molecule has 0 aromatic rings. The van der Waals surface area contributed by atoms with Gasteiger partial charge >= 0.3 is 0 Å². The first-order valence-corrected chi connectivity index (χ1v) is 9.35. The Hall–Kier alpha value is -0.120. The predicted molar refractivity (Wildman–Crippen MR) is 114 cm³/mol. The van der Waals surface area contributed by atoms with Crippen molar-refractivity contribution in [3.63, 3.8) is 0 Å². The molecular weight excluding hydrogens is 433 g/mol. The van der Waals surface area contributed by atoms with E-state index in [0.29, 0.717) is 18.6 Å². The summed E-state index contributed by atoms with van der Waals surface area (Å²) in [5, 5.41) is 6.88. The van der Waals surface area contributed by atoms with Crippen LogP contribution in [0.15, 0.2) is 4.99 Å². The van der Waals surface area contributed by atoms with Gasteiger partial charge in [-0.1, -0.05) is 12.8 Å². The topological polar surface area (TPSA) is 64.1 Å². The number of ether oxygens (including phenoxy) is 3. The maximum Gasteiger partial charge on any atom is 0.190 e. The Kier molecular flexibility index (Phi) is 16.0. The first kappa shape index (κ1) is 24.9.